The Morgan fingerprint density at radius 3 is 2.17 bits per heavy atom. The molecule has 0 spiro atoms. The molecule has 0 aliphatic rings. The average molecular weight is 580 g/mol. The molecule has 4 rings (SSSR count). The first kappa shape index (κ1) is 28.7. The van der Waals surface area contributed by atoms with Gasteiger partial charge in [0.15, 0.2) is 34.9 Å². The highest BCUT2D eigenvalue weighted by molar-refractivity contribution is 7.84. The number of ether oxygens (including phenoxy) is 2. The van der Waals surface area contributed by atoms with Gasteiger partial charge in [0.1, 0.15) is 17.3 Å². The number of rotatable bonds is 11. The summed E-state index contributed by atoms with van der Waals surface area (Å²) in [5.74, 6) is -7.94. The zero-order valence-electron chi connectivity index (χ0n) is 21.0. The number of aromatic nitrogens is 2. The van der Waals surface area contributed by atoms with Crippen LogP contribution in [0.5, 0.6) is 5.75 Å². The highest BCUT2D eigenvalue weighted by atomic mass is 32.2. The van der Waals surface area contributed by atoms with E-state index >= 15 is 0 Å². The molecule has 0 fully saturated rings. The van der Waals surface area contributed by atoms with Crippen LogP contribution in [-0.2, 0) is 15.5 Å². The van der Waals surface area contributed by atoms with Gasteiger partial charge in [0, 0.05) is 30.4 Å². The van der Waals surface area contributed by atoms with Crippen molar-refractivity contribution in [3.63, 3.8) is 0 Å². The van der Waals surface area contributed by atoms with Gasteiger partial charge in [-0.1, -0.05) is 6.07 Å². The second-order valence-corrected chi connectivity index (χ2v) is 9.44. The van der Waals surface area contributed by atoms with Crippen molar-refractivity contribution in [3.8, 4) is 5.75 Å². The molecule has 1 heterocycles. The van der Waals surface area contributed by atoms with Gasteiger partial charge in [0.05, 0.1) is 29.3 Å². The third kappa shape index (κ3) is 6.63. The first-order chi connectivity index (χ1) is 19.2. The Morgan fingerprint density at radius 2 is 1.50 bits per heavy atom. The maximum Gasteiger partial charge on any atom is 0.229 e. The van der Waals surface area contributed by atoms with E-state index in [0.29, 0.717) is 24.7 Å². The van der Waals surface area contributed by atoms with Crippen LogP contribution in [0.25, 0.3) is 0 Å². The molecule has 8 nitrogen and oxygen atoms in total. The smallest absolute Gasteiger partial charge is 0.229 e. The molecule has 0 bridgehead atoms. The zero-order chi connectivity index (χ0) is 28.8. The second kappa shape index (κ2) is 12.7. The van der Waals surface area contributed by atoms with Crippen LogP contribution in [0.2, 0.25) is 0 Å². The van der Waals surface area contributed by atoms with E-state index in [1.54, 1.807) is 31.4 Å². The Morgan fingerprint density at radius 1 is 0.825 bits per heavy atom. The predicted molar refractivity (Wildman–Crippen MR) is 141 cm³/mol. The summed E-state index contributed by atoms with van der Waals surface area (Å²) in [6, 6.07) is 12.6. The fraction of sp³-hybridized carbons (Fsp3) is 0.154. The minimum absolute atomic E-state index is 0.0700. The van der Waals surface area contributed by atoms with Crippen molar-refractivity contribution >= 4 is 45.3 Å². The Labute approximate surface area is 228 Å². The van der Waals surface area contributed by atoms with Crippen LogP contribution in [-0.4, -0.2) is 40.8 Å². The molecule has 40 heavy (non-hydrogen) atoms. The summed E-state index contributed by atoms with van der Waals surface area (Å²) >= 11 is 0. The molecule has 1 unspecified atom stereocenters. The van der Waals surface area contributed by atoms with Gasteiger partial charge in [-0.2, -0.15) is 4.98 Å². The maximum absolute atomic E-state index is 14.5. The normalized spacial score (nSPS) is 11.7. The number of nitrogens with one attached hydrogen (secondary N) is 3. The van der Waals surface area contributed by atoms with E-state index in [4.69, 9.17) is 9.47 Å². The Bertz CT molecular complexity index is 1540. The van der Waals surface area contributed by atoms with Gasteiger partial charge < -0.3 is 25.4 Å². The summed E-state index contributed by atoms with van der Waals surface area (Å²) in [6.45, 7) is 0.834. The largest absolute Gasteiger partial charge is 0.491 e. The number of hydrogen-bond donors (Lipinski definition) is 3. The van der Waals surface area contributed by atoms with E-state index < -0.39 is 50.5 Å². The van der Waals surface area contributed by atoms with Gasteiger partial charge in [0.25, 0.3) is 0 Å². The number of anilines is 6. The lowest BCUT2D eigenvalue weighted by molar-refractivity contribution is 0.146. The quantitative estimate of drug-likeness (QED) is 0.0841. The maximum atomic E-state index is 14.5. The molecular weight excluding hydrogens is 557 g/mol. The minimum atomic E-state index is -2.20. The van der Waals surface area contributed by atoms with Crippen molar-refractivity contribution in [2.45, 2.75) is 4.90 Å². The zero-order valence-corrected chi connectivity index (χ0v) is 21.8. The number of halogens is 5. The first-order valence-corrected chi connectivity index (χ1v) is 13.1. The van der Waals surface area contributed by atoms with Gasteiger partial charge in [-0.05, 0) is 42.5 Å². The lowest BCUT2D eigenvalue weighted by atomic mass is 10.2. The monoisotopic (exact) mass is 579 g/mol. The van der Waals surface area contributed by atoms with Gasteiger partial charge in [-0.25, -0.2) is 26.9 Å². The predicted octanol–water partition coefficient (Wildman–Crippen LogP) is 6.17. The molecule has 0 saturated carbocycles. The van der Waals surface area contributed by atoms with E-state index in [2.05, 4.69) is 25.9 Å². The summed E-state index contributed by atoms with van der Waals surface area (Å²) in [5, 5.41) is 8.11. The molecule has 0 radical (unpaired) electrons. The number of methoxy groups -OCH3 is 1. The lowest BCUT2D eigenvalue weighted by Gasteiger charge is -2.15. The molecule has 3 N–H and O–H groups in total. The van der Waals surface area contributed by atoms with Crippen molar-refractivity contribution in [2.24, 2.45) is 0 Å². The van der Waals surface area contributed by atoms with Gasteiger partial charge in [0.2, 0.25) is 5.95 Å². The second-order valence-electron chi connectivity index (χ2n) is 8.13. The van der Waals surface area contributed by atoms with Crippen LogP contribution >= 0.6 is 0 Å². The third-order valence-corrected chi connectivity index (χ3v) is 6.28. The van der Waals surface area contributed by atoms with Crippen LogP contribution in [0.3, 0.4) is 0 Å². The molecule has 4 aromatic rings. The number of hydrogen-bond acceptors (Lipinski definition) is 8. The van der Waals surface area contributed by atoms with E-state index in [0.717, 1.165) is 12.5 Å². The van der Waals surface area contributed by atoms with Gasteiger partial charge in [-0.3, -0.25) is 4.21 Å². The standard InChI is InChI=1S/C26H22F5N5O3S/c1-38-10-11-39-17-8-6-14(7-9-17)35-26-32-13-18(27)25(36-26)34-16-5-3-4-15(12-16)33-23-21(30)19(28)20(29)22(31)24(23)40(2)37/h3-9,12-13,33H,10-11H2,1-2H3,(H2,32,34,35,36). The summed E-state index contributed by atoms with van der Waals surface area (Å²) in [5.41, 5.74) is 0.0901. The Hall–Kier alpha value is -4.30. The summed E-state index contributed by atoms with van der Waals surface area (Å²) < 4.78 is 93.2. The molecule has 3 aromatic carbocycles. The molecule has 210 valence electrons. The van der Waals surface area contributed by atoms with Crippen molar-refractivity contribution in [2.75, 3.05) is 42.5 Å². The topological polar surface area (TPSA) is 97.4 Å². The van der Waals surface area contributed by atoms with E-state index in [9.17, 15) is 26.2 Å². The van der Waals surface area contributed by atoms with Crippen molar-refractivity contribution in [3.05, 3.63) is 83.8 Å². The molecule has 1 atom stereocenters. The lowest BCUT2D eigenvalue weighted by Crippen LogP contribution is -2.09. The number of benzene rings is 3. The first-order valence-electron chi connectivity index (χ1n) is 11.5. The van der Waals surface area contributed by atoms with Crippen LogP contribution in [0.15, 0.2) is 59.6 Å². The fourth-order valence-electron chi connectivity index (χ4n) is 3.47. The van der Waals surface area contributed by atoms with Crippen molar-refractivity contribution in [1.82, 2.24) is 9.97 Å². The molecule has 14 heteroatoms. The molecule has 1 aromatic heterocycles. The van der Waals surface area contributed by atoms with Crippen molar-refractivity contribution < 1.29 is 35.6 Å². The molecule has 0 aliphatic carbocycles. The van der Waals surface area contributed by atoms with Crippen LogP contribution in [0.4, 0.5) is 56.5 Å². The van der Waals surface area contributed by atoms with E-state index in [1.165, 1.54) is 24.3 Å². The fourth-order valence-corrected chi connectivity index (χ4v) is 4.24. The molecule has 0 saturated heterocycles. The molecular formula is C26H22F5N5O3S. The van der Waals surface area contributed by atoms with Crippen LogP contribution in [0, 0.1) is 29.1 Å². The summed E-state index contributed by atoms with van der Waals surface area (Å²) in [4.78, 5) is 7.18. The van der Waals surface area contributed by atoms with Crippen molar-refractivity contribution in [1.29, 1.82) is 0 Å². The minimum Gasteiger partial charge on any atom is -0.491 e. The summed E-state index contributed by atoms with van der Waals surface area (Å²) in [7, 11) is -0.632. The van der Waals surface area contributed by atoms with Crippen LogP contribution < -0.4 is 20.7 Å². The molecule has 0 aliphatic heterocycles. The highest BCUT2D eigenvalue weighted by Crippen LogP contribution is 2.34. The Kier molecular flexibility index (Phi) is 9.11. The van der Waals surface area contributed by atoms with E-state index in [1.807, 2.05) is 0 Å². The summed E-state index contributed by atoms with van der Waals surface area (Å²) in [6.07, 6.45) is 1.94. The molecule has 0 amide bonds. The SMILES string of the molecule is COCCOc1ccc(Nc2ncc(F)c(Nc3cccc(Nc4c(F)c(F)c(F)c(F)c4S(C)=O)c3)n2)cc1. The third-order valence-electron chi connectivity index (χ3n) is 5.32. The van der Waals surface area contributed by atoms with Gasteiger partial charge in [-0.15, -0.1) is 0 Å². The van der Waals surface area contributed by atoms with Crippen LogP contribution in [0.1, 0.15) is 0 Å². The Balaban J connectivity index is 1.52. The number of nitrogens with zero attached hydrogens (tertiary/aromatic N) is 2. The van der Waals surface area contributed by atoms with Gasteiger partial charge >= 0.3 is 0 Å². The van der Waals surface area contributed by atoms with E-state index in [-0.39, 0.29) is 23.1 Å². The highest BCUT2D eigenvalue weighted by Gasteiger charge is 2.27. The average Bonchev–Trinajstić information content (AvgIpc) is 2.93.